The van der Waals surface area contributed by atoms with Gasteiger partial charge in [-0.2, -0.15) is 17.5 Å². The van der Waals surface area contributed by atoms with E-state index in [2.05, 4.69) is 5.10 Å². The summed E-state index contributed by atoms with van der Waals surface area (Å²) in [5.41, 5.74) is 1.41. The predicted molar refractivity (Wildman–Crippen MR) is 100 cm³/mol. The highest BCUT2D eigenvalue weighted by molar-refractivity contribution is 7.89. The Labute approximate surface area is 166 Å². The fourth-order valence-electron chi connectivity index (χ4n) is 3.97. The molecule has 0 spiro atoms. The van der Waals surface area contributed by atoms with E-state index in [9.17, 15) is 26.4 Å². The van der Waals surface area contributed by atoms with Crippen LogP contribution in [0.15, 0.2) is 21.8 Å². The molecule has 2 heterocycles. The summed E-state index contributed by atoms with van der Waals surface area (Å²) in [6, 6.07) is 3.02. The van der Waals surface area contributed by atoms with Crippen LogP contribution in [-0.2, 0) is 23.2 Å². The largest absolute Gasteiger partial charge is 0.451 e. The molecule has 1 aromatic carbocycles. The molecule has 160 valence electrons. The van der Waals surface area contributed by atoms with Crippen molar-refractivity contribution >= 4 is 10.0 Å². The van der Waals surface area contributed by atoms with Gasteiger partial charge in [-0.15, -0.1) is 5.10 Å². The molecule has 0 N–H and O–H groups in total. The van der Waals surface area contributed by atoms with Crippen LogP contribution < -0.4 is 5.69 Å². The lowest BCUT2D eigenvalue weighted by Crippen LogP contribution is -2.41. The van der Waals surface area contributed by atoms with Gasteiger partial charge in [0.05, 0.1) is 10.9 Å². The Bertz CT molecular complexity index is 1070. The van der Waals surface area contributed by atoms with E-state index < -0.39 is 33.8 Å². The summed E-state index contributed by atoms with van der Waals surface area (Å²) < 4.78 is 67.9. The summed E-state index contributed by atoms with van der Waals surface area (Å²) in [7, 11) is -2.72. The Kier molecular flexibility index (Phi) is 5.41. The van der Waals surface area contributed by atoms with Gasteiger partial charge in [-0.05, 0) is 44.7 Å². The van der Waals surface area contributed by atoms with Crippen molar-refractivity contribution in [2.45, 2.75) is 50.7 Å². The lowest BCUT2D eigenvalue weighted by molar-refractivity contribution is -0.147. The van der Waals surface area contributed by atoms with Crippen LogP contribution in [0.25, 0.3) is 0 Å². The number of hydrogen-bond donors (Lipinski definition) is 0. The number of piperidine rings is 1. The maximum absolute atomic E-state index is 13.1. The predicted octanol–water partition coefficient (Wildman–Crippen LogP) is 2.55. The average molecular weight is 432 g/mol. The number of aryl methyl sites for hydroxylation is 3. The Balaban J connectivity index is 1.84. The van der Waals surface area contributed by atoms with E-state index in [1.54, 1.807) is 26.0 Å². The van der Waals surface area contributed by atoms with Gasteiger partial charge in [0.15, 0.2) is 0 Å². The molecule has 0 amide bonds. The van der Waals surface area contributed by atoms with Gasteiger partial charge in [-0.3, -0.25) is 4.57 Å². The number of sulfonamides is 1. The molecule has 0 atom stereocenters. The third-order valence-electron chi connectivity index (χ3n) is 5.23. The molecule has 11 heteroatoms. The first-order valence-corrected chi connectivity index (χ1v) is 10.6. The van der Waals surface area contributed by atoms with Crippen molar-refractivity contribution in [3.05, 3.63) is 45.1 Å². The average Bonchev–Trinajstić information content (AvgIpc) is 2.89. The van der Waals surface area contributed by atoms with Crippen LogP contribution >= 0.6 is 0 Å². The molecular weight excluding hydrogens is 409 g/mol. The van der Waals surface area contributed by atoms with E-state index >= 15 is 0 Å². The molecule has 3 rings (SSSR count). The van der Waals surface area contributed by atoms with E-state index in [-0.39, 0.29) is 30.8 Å². The second-order valence-electron chi connectivity index (χ2n) is 7.47. The van der Waals surface area contributed by atoms with E-state index in [1.807, 2.05) is 6.92 Å². The summed E-state index contributed by atoms with van der Waals surface area (Å²) in [6.45, 7) is 5.58. The van der Waals surface area contributed by atoms with E-state index in [1.165, 1.54) is 4.31 Å². The third-order valence-corrected chi connectivity index (χ3v) is 7.43. The van der Waals surface area contributed by atoms with Gasteiger partial charge in [-0.25, -0.2) is 17.9 Å². The first-order valence-electron chi connectivity index (χ1n) is 9.14. The number of rotatable bonds is 3. The van der Waals surface area contributed by atoms with Crippen molar-refractivity contribution in [3.8, 4) is 0 Å². The zero-order valence-corrected chi connectivity index (χ0v) is 17.4. The molecule has 0 unspecified atom stereocenters. The van der Waals surface area contributed by atoms with Gasteiger partial charge in [0.1, 0.15) is 0 Å². The zero-order valence-electron chi connectivity index (χ0n) is 16.6. The van der Waals surface area contributed by atoms with Crippen molar-refractivity contribution in [2.24, 2.45) is 7.05 Å². The van der Waals surface area contributed by atoms with Crippen molar-refractivity contribution in [1.82, 2.24) is 18.7 Å². The molecule has 1 fully saturated rings. The van der Waals surface area contributed by atoms with Crippen LogP contribution in [-0.4, -0.2) is 40.2 Å². The second kappa shape index (κ2) is 7.28. The van der Waals surface area contributed by atoms with Crippen LogP contribution in [0.4, 0.5) is 13.2 Å². The van der Waals surface area contributed by atoms with Gasteiger partial charge in [0, 0.05) is 20.1 Å². The Morgan fingerprint density at radius 3 is 2.03 bits per heavy atom. The van der Waals surface area contributed by atoms with Gasteiger partial charge >= 0.3 is 11.9 Å². The number of alkyl halides is 3. The van der Waals surface area contributed by atoms with Gasteiger partial charge < -0.3 is 0 Å². The highest BCUT2D eigenvalue weighted by Gasteiger charge is 2.40. The van der Waals surface area contributed by atoms with Crippen molar-refractivity contribution < 1.29 is 21.6 Å². The highest BCUT2D eigenvalue weighted by atomic mass is 32.2. The number of nitrogens with zero attached hydrogens (tertiary/aromatic N) is 4. The quantitative estimate of drug-likeness (QED) is 0.747. The maximum Gasteiger partial charge on any atom is 0.451 e. The minimum Gasteiger partial charge on any atom is -0.274 e. The second-order valence-corrected chi connectivity index (χ2v) is 9.35. The molecule has 29 heavy (non-hydrogen) atoms. The summed E-state index contributed by atoms with van der Waals surface area (Å²) in [5.74, 6) is -1.26. The highest BCUT2D eigenvalue weighted by Crippen LogP contribution is 2.31. The minimum absolute atomic E-state index is 0.101. The molecule has 1 aliphatic rings. The normalized spacial score (nSPS) is 17.1. The van der Waals surface area contributed by atoms with Gasteiger partial charge in [-0.1, -0.05) is 17.7 Å². The van der Waals surface area contributed by atoms with Crippen LogP contribution in [0.2, 0.25) is 0 Å². The van der Waals surface area contributed by atoms with Crippen molar-refractivity contribution in [1.29, 1.82) is 0 Å². The lowest BCUT2D eigenvalue weighted by Gasteiger charge is -2.31. The van der Waals surface area contributed by atoms with Crippen molar-refractivity contribution in [2.75, 3.05) is 13.1 Å². The maximum atomic E-state index is 13.1. The molecule has 1 saturated heterocycles. The van der Waals surface area contributed by atoms with Gasteiger partial charge in [0.2, 0.25) is 15.8 Å². The first kappa shape index (κ1) is 21.6. The van der Waals surface area contributed by atoms with Gasteiger partial charge in [0.25, 0.3) is 0 Å². The summed E-state index contributed by atoms with van der Waals surface area (Å²) >= 11 is 0. The summed E-state index contributed by atoms with van der Waals surface area (Å²) in [6.07, 6.45) is -4.32. The molecule has 7 nitrogen and oxygen atoms in total. The van der Waals surface area contributed by atoms with Crippen LogP contribution in [0.5, 0.6) is 0 Å². The fourth-order valence-corrected chi connectivity index (χ4v) is 5.85. The minimum atomic E-state index is -4.73. The smallest absolute Gasteiger partial charge is 0.274 e. The SMILES string of the molecule is Cc1cc(C)c(S(=O)(=O)N2CCC(n3nc(C(F)(F)F)n(C)c3=O)CC2)c(C)c1. The molecular formula is C18H23F3N4O3S. The Morgan fingerprint density at radius 1 is 1.07 bits per heavy atom. The third kappa shape index (κ3) is 3.85. The lowest BCUT2D eigenvalue weighted by atomic mass is 10.1. The topological polar surface area (TPSA) is 77.2 Å². The zero-order chi connectivity index (χ0) is 21.7. The molecule has 0 saturated carbocycles. The number of aromatic nitrogens is 3. The van der Waals surface area contributed by atoms with Crippen LogP contribution in [0.1, 0.15) is 41.4 Å². The molecule has 2 aromatic rings. The molecule has 1 aromatic heterocycles. The first-order chi connectivity index (χ1) is 13.3. The standard InChI is InChI=1S/C18H23F3N4O3S/c1-11-9-12(2)15(13(3)10-11)29(27,28)24-7-5-14(6-8-24)25-17(26)23(4)16(22-25)18(19,20)21/h9-10,14H,5-8H2,1-4H3. The van der Waals surface area contributed by atoms with E-state index in [0.29, 0.717) is 15.7 Å². The molecule has 0 aliphatic carbocycles. The molecule has 1 aliphatic heterocycles. The Morgan fingerprint density at radius 2 is 1.59 bits per heavy atom. The Hall–Kier alpha value is -2.14. The summed E-state index contributed by atoms with van der Waals surface area (Å²) in [5, 5.41) is 3.46. The molecule has 0 bridgehead atoms. The number of benzene rings is 1. The van der Waals surface area contributed by atoms with Crippen molar-refractivity contribution in [3.63, 3.8) is 0 Å². The monoisotopic (exact) mass is 432 g/mol. The number of hydrogen-bond acceptors (Lipinski definition) is 4. The van der Waals surface area contributed by atoms with E-state index in [4.69, 9.17) is 0 Å². The van der Waals surface area contributed by atoms with Crippen LogP contribution in [0, 0.1) is 20.8 Å². The summed E-state index contributed by atoms with van der Waals surface area (Å²) in [4.78, 5) is 12.4. The fraction of sp³-hybridized carbons (Fsp3) is 0.556. The molecule has 0 radical (unpaired) electrons. The number of halogens is 3. The van der Waals surface area contributed by atoms with E-state index in [0.717, 1.165) is 17.3 Å². The van der Waals surface area contributed by atoms with Crippen LogP contribution in [0.3, 0.4) is 0 Å².